The van der Waals surface area contributed by atoms with Crippen molar-refractivity contribution in [2.24, 2.45) is 0 Å². The number of carboxylic acid groups (broad SMARTS) is 1. The summed E-state index contributed by atoms with van der Waals surface area (Å²) in [5.41, 5.74) is 8.87. The van der Waals surface area contributed by atoms with E-state index in [9.17, 15) is 4.79 Å². The lowest BCUT2D eigenvalue weighted by Crippen LogP contribution is -2.04. The van der Waals surface area contributed by atoms with Crippen LogP contribution in [0.4, 0.5) is 11.4 Å². The van der Waals surface area contributed by atoms with Crippen molar-refractivity contribution < 1.29 is 9.90 Å². The highest BCUT2D eigenvalue weighted by molar-refractivity contribution is 7.09. The van der Waals surface area contributed by atoms with E-state index in [2.05, 4.69) is 10.3 Å². The highest BCUT2D eigenvalue weighted by Crippen LogP contribution is 2.21. The highest BCUT2D eigenvalue weighted by atomic mass is 32.1. The van der Waals surface area contributed by atoms with Crippen LogP contribution in [0.2, 0.25) is 0 Å². The molecule has 4 N–H and O–H groups in total. The third kappa shape index (κ3) is 2.73. The van der Waals surface area contributed by atoms with E-state index >= 15 is 0 Å². The van der Waals surface area contributed by atoms with Gasteiger partial charge in [0.15, 0.2) is 0 Å². The Balaban J connectivity index is 2.14. The number of thiazole rings is 1. The molecule has 0 unspecified atom stereocenters. The quantitative estimate of drug-likeness (QED) is 0.721. The van der Waals surface area contributed by atoms with Gasteiger partial charge in [-0.25, -0.2) is 4.79 Å². The average Bonchev–Trinajstić information content (AvgIpc) is 2.80. The fourth-order valence-corrected chi connectivity index (χ4v) is 1.89. The number of anilines is 2. The molecule has 0 saturated heterocycles. The van der Waals surface area contributed by atoms with Gasteiger partial charge in [-0.2, -0.15) is 0 Å². The molecule has 0 fully saturated rings. The molecule has 0 saturated carbocycles. The molecular formula is C11H11N3O2S. The summed E-state index contributed by atoms with van der Waals surface area (Å²) in [5, 5.41) is 12.0. The summed E-state index contributed by atoms with van der Waals surface area (Å²) in [7, 11) is 0. The van der Waals surface area contributed by atoms with Gasteiger partial charge in [-0.05, 0) is 18.2 Å². The van der Waals surface area contributed by atoms with Crippen LogP contribution in [0.1, 0.15) is 15.2 Å². The van der Waals surface area contributed by atoms with Crippen LogP contribution in [0.5, 0.6) is 0 Å². The average molecular weight is 249 g/mol. The van der Waals surface area contributed by atoms with Crippen LogP contribution in [-0.2, 0) is 6.54 Å². The zero-order valence-corrected chi connectivity index (χ0v) is 9.70. The summed E-state index contributed by atoms with van der Waals surface area (Å²) in [4.78, 5) is 15.8. The number of hydrogen-bond acceptors (Lipinski definition) is 5. The third-order valence-corrected chi connectivity index (χ3v) is 3.02. The number of benzene rings is 1. The van der Waals surface area contributed by atoms with E-state index in [0.29, 0.717) is 17.9 Å². The molecule has 5 nitrogen and oxygen atoms in total. The maximum atomic E-state index is 10.8. The molecule has 17 heavy (non-hydrogen) atoms. The minimum Gasteiger partial charge on any atom is -0.478 e. The van der Waals surface area contributed by atoms with Gasteiger partial charge in [0.25, 0.3) is 0 Å². The van der Waals surface area contributed by atoms with Crippen LogP contribution in [-0.4, -0.2) is 16.1 Å². The molecule has 0 atom stereocenters. The Bertz CT molecular complexity index is 526. The smallest absolute Gasteiger partial charge is 0.335 e. The van der Waals surface area contributed by atoms with Gasteiger partial charge in [0.1, 0.15) is 0 Å². The second kappa shape index (κ2) is 4.84. The third-order valence-electron chi connectivity index (χ3n) is 2.24. The van der Waals surface area contributed by atoms with Crippen molar-refractivity contribution in [1.82, 2.24) is 4.98 Å². The van der Waals surface area contributed by atoms with Crippen LogP contribution >= 0.6 is 11.3 Å². The van der Waals surface area contributed by atoms with Crippen molar-refractivity contribution in [3.05, 3.63) is 40.3 Å². The SMILES string of the molecule is Nc1ccc(C(=O)O)cc1NCc1cncs1. The molecule has 0 aliphatic rings. The molecule has 0 radical (unpaired) electrons. The first-order valence-electron chi connectivity index (χ1n) is 4.91. The van der Waals surface area contributed by atoms with Crippen LogP contribution in [0.3, 0.4) is 0 Å². The maximum absolute atomic E-state index is 10.8. The predicted molar refractivity (Wildman–Crippen MR) is 67.3 cm³/mol. The summed E-state index contributed by atoms with van der Waals surface area (Å²) in [6, 6.07) is 4.59. The highest BCUT2D eigenvalue weighted by Gasteiger charge is 2.06. The normalized spacial score (nSPS) is 10.1. The monoisotopic (exact) mass is 249 g/mol. The Hall–Kier alpha value is -2.08. The number of rotatable bonds is 4. The molecule has 1 heterocycles. The number of nitrogen functional groups attached to an aromatic ring is 1. The molecule has 0 amide bonds. The number of aromatic carboxylic acids is 1. The molecule has 0 aliphatic carbocycles. The summed E-state index contributed by atoms with van der Waals surface area (Å²) < 4.78 is 0. The zero-order valence-electron chi connectivity index (χ0n) is 8.88. The molecule has 2 aromatic rings. The predicted octanol–water partition coefficient (Wildman–Crippen LogP) is 2.04. The van der Waals surface area contributed by atoms with Crippen molar-refractivity contribution in [2.45, 2.75) is 6.54 Å². The number of carboxylic acids is 1. The molecule has 88 valence electrons. The Morgan fingerprint density at radius 2 is 2.35 bits per heavy atom. The summed E-state index contributed by atoms with van der Waals surface area (Å²) in [6.07, 6.45) is 1.76. The van der Waals surface area contributed by atoms with Crippen molar-refractivity contribution in [2.75, 3.05) is 11.1 Å². The number of aromatic nitrogens is 1. The van der Waals surface area contributed by atoms with Crippen molar-refractivity contribution >= 4 is 28.7 Å². The zero-order chi connectivity index (χ0) is 12.3. The van der Waals surface area contributed by atoms with Gasteiger partial charge in [0.2, 0.25) is 0 Å². The lowest BCUT2D eigenvalue weighted by Gasteiger charge is -2.08. The van der Waals surface area contributed by atoms with Gasteiger partial charge in [-0.1, -0.05) is 0 Å². The van der Waals surface area contributed by atoms with E-state index in [1.807, 2.05) is 0 Å². The number of carbonyl (C=O) groups is 1. The van der Waals surface area contributed by atoms with Gasteiger partial charge >= 0.3 is 5.97 Å². The first-order chi connectivity index (χ1) is 8.16. The lowest BCUT2D eigenvalue weighted by molar-refractivity contribution is 0.0697. The maximum Gasteiger partial charge on any atom is 0.335 e. The van der Waals surface area contributed by atoms with Gasteiger partial charge < -0.3 is 16.2 Å². The second-order valence-electron chi connectivity index (χ2n) is 3.43. The molecule has 2 rings (SSSR count). The second-order valence-corrected chi connectivity index (χ2v) is 4.40. The fourth-order valence-electron chi connectivity index (χ4n) is 1.35. The summed E-state index contributed by atoms with van der Waals surface area (Å²) in [5.74, 6) is -0.967. The summed E-state index contributed by atoms with van der Waals surface area (Å²) >= 11 is 1.53. The van der Waals surface area contributed by atoms with E-state index in [1.165, 1.54) is 23.5 Å². The first kappa shape index (κ1) is 11.4. The largest absolute Gasteiger partial charge is 0.478 e. The Kier molecular flexibility index (Phi) is 3.24. The minimum atomic E-state index is -0.967. The van der Waals surface area contributed by atoms with Crippen LogP contribution in [0.25, 0.3) is 0 Å². The van der Waals surface area contributed by atoms with E-state index in [4.69, 9.17) is 10.8 Å². The van der Waals surface area contributed by atoms with Crippen LogP contribution in [0, 0.1) is 0 Å². The van der Waals surface area contributed by atoms with Gasteiger partial charge in [0.05, 0.1) is 29.0 Å². The van der Waals surface area contributed by atoms with E-state index in [0.717, 1.165) is 4.88 Å². The lowest BCUT2D eigenvalue weighted by atomic mass is 10.1. The van der Waals surface area contributed by atoms with E-state index in [1.54, 1.807) is 17.8 Å². The number of nitrogens with zero attached hydrogens (tertiary/aromatic N) is 1. The number of hydrogen-bond donors (Lipinski definition) is 3. The van der Waals surface area contributed by atoms with E-state index in [-0.39, 0.29) is 5.56 Å². The van der Waals surface area contributed by atoms with Gasteiger partial charge in [-0.15, -0.1) is 11.3 Å². The topological polar surface area (TPSA) is 88.2 Å². The van der Waals surface area contributed by atoms with Crippen molar-refractivity contribution in [3.63, 3.8) is 0 Å². The van der Waals surface area contributed by atoms with Crippen molar-refractivity contribution in [3.8, 4) is 0 Å². The van der Waals surface area contributed by atoms with Gasteiger partial charge in [0, 0.05) is 11.1 Å². The first-order valence-corrected chi connectivity index (χ1v) is 5.79. The minimum absolute atomic E-state index is 0.214. The molecule has 6 heteroatoms. The van der Waals surface area contributed by atoms with Crippen LogP contribution < -0.4 is 11.1 Å². The molecule has 0 aliphatic heterocycles. The van der Waals surface area contributed by atoms with Gasteiger partial charge in [-0.3, -0.25) is 4.98 Å². The Labute approximate surface area is 102 Å². The fraction of sp³-hybridized carbons (Fsp3) is 0.0909. The number of nitrogens with two attached hydrogens (primary N) is 1. The van der Waals surface area contributed by atoms with E-state index < -0.39 is 5.97 Å². The molecule has 1 aromatic carbocycles. The molecule has 0 spiro atoms. The van der Waals surface area contributed by atoms with Crippen molar-refractivity contribution in [1.29, 1.82) is 0 Å². The number of nitrogens with one attached hydrogen (secondary N) is 1. The molecule has 0 bridgehead atoms. The standard InChI is InChI=1S/C11H11N3O2S/c12-9-2-1-7(11(15)16)3-10(9)14-5-8-4-13-6-17-8/h1-4,6,14H,5,12H2,(H,15,16). The van der Waals surface area contributed by atoms with Crippen LogP contribution in [0.15, 0.2) is 29.9 Å². The summed E-state index contributed by atoms with van der Waals surface area (Å²) in [6.45, 7) is 0.581. The Morgan fingerprint density at radius 3 is 3.00 bits per heavy atom. The molecular weight excluding hydrogens is 238 g/mol. The Morgan fingerprint density at radius 1 is 1.53 bits per heavy atom. The molecule has 1 aromatic heterocycles.